The van der Waals surface area contributed by atoms with Crippen LogP contribution in [0.3, 0.4) is 0 Å². The lowest BCUT2D eigenvalue weighted by molar-refractivity contribution is -0.139. The fourth-order valence-electron chi connectivity index (χ4n) is 3.06. The minimum atomic E-state index is -1.04. The van der Waals surface area contributed by atoms with Gasteiger partial charge >= 0.3 is 5.97 Å². The van der Waals surface area contributed by atoms with Crippen LogP contribution in [0.15, 0.2) is 76.6 Å². The van der Waals surface area contributed by atoms with Gasteiger partial charge in [0, 0.05) is 5.56 Å². The van der Waals surface area contributed by atoms with Crippen LogP contribution in [-0.2, 0) is 4.79 Å². The lowest BCUT2D eigenvalue weighted by atomic mass is 10.2. The fourth-order valence-corrected chi connectivity index (χ4v) is 5.18. The van der Waals surface area contributed by atoms with Crippen molar-refractivity contribution >= 4 is 68.3 Å². The zero-order chi connectivity index (χ0) is 22.7. The number of hydrogen-bond donors (Lipinski definition) is 1. The molecule has 0 spiro atoms. The van der Waals surface area contributed by atoms with Gasteiger partial charge in [-0.2, -0.15) is 9.78 Å². The number of carboxylic acid groups (broad SMARTS) is 1. The molecule has 1 N–H and O–H groups in total. The molecule has 0 saturated carbocycles. The van der Waals surface area contributed by atoms with Crippen LogP contribution >= 0.6 is 45.2 Å². The molecule has 9 heteroatoms. The van der Waals surface area contributed by atoms with E-state index in [1.54, 1.807) is 24.4 Å². The van der Waals surface area contributed by atoms with E-state index < -0.39 is 12.6 Å². The first kappa shape index (κ1) is 22.4. The SMILES string of the molecule is O=C(O)COc1c(I)cc(C=Nn2c(-c3ccccc3)nc3ccccc3c2=O)cc1I. The molecule has 160 valence electrons. The van der Waals surface area contributed by atoms with Crippen LogP contribution in [0.4, 0.5) is 0 Å². The summed E-state index contributed by atoms with van der Waals surface area (Å²) in [6.45, 7) is -0.419. The third-order valence-electron chi connectivity index (χ3n) is 4.47. The van der Waals surface area contributed by atoms with Gasteiger partial charge < -0.3 is 9.84 Å². The van der Waals surface area contributed by atoms with Crippen molar-refractivity contribution in [2.75, 3.05) is 6.61 Å². The molecule has 0 aliphatic heterocycles. The Morgan fingerprint density at radius 3 is 2.41 bits per heavy atom. The topological polar surface area (TPSA) is 93.8 Å². The molecule has 3 aromatic carbocycles. The molecule has 7 nitrogen and oxygen atoms in total. The smallest absolute Gasteiger partial charge is 0.341 e. The van der Waals surface area contributed by atoms with Gasteiger partial charge in [-0.1, -0.05) is 42.5 Å². The lowest BCUT2D eigenvalue weighted by Gasteiger charge is -2.11. The van der Waals surface area contributed by atoms with Crippen LogP contribution in [0, 0.1) is 7.14 Å². The minimum Gasteiger partial charge on any atom is -0.480 e. The monoisotopic (exact) mass is 651 g/mol. The number of rotatable bonds is 6. The number of carboxylic acids is 1. The third kappa shape index (κ3) is 4.83. The average Bonchev–Trinajstić information content (AvgIpc) is 2.78. The van der Waals surface area contributed by atoms with Gasteiger partial charge in [-0.15, -0.1) is 0 Å². The van der Waals surface area contributed by atoms with Crippen LogP contribution in [0.25, 0.3) is 22.3 Å². The Balaban J connectivity index is 1.80. The van der Waals surface area contributed by atoms with E-state index in [9.17, 15) is 9.59 Å². The summed E-state index contributed by atoms with van der Waals surface area (Å²) in [7, 11) is 0. The highest BCUT2D eigenvalue weighted by molar-refractivity contribution is 14.1. The highest BCUT2D eigenvalue weighted by Gasteiger charge is 2.13. The molecule has 0 aliphatic carbocycles. The van der Waals surface area contributed by atoms with Crippen molar-refractivity contribution < 1.29 is 14.6 Å². The van der Waals surface area contributed by atoms with Gasteiger partial charge in [0.25, 0.3) is 5.56 Å². The number of fused-ring (bicyclic) bond motifs is 1. The summed E-state index contributed by atoms with van der Waals surface area (Å²) in [5.74, 6) is -0.101. The van der Waals surface area contributed by atoms with E-state index in [1.165, 1.54) is 4.68 Å². The summed E-state index contributed by atoms with van der Waals surface area (Å²) in [5, 5.41) is 13.8. The summed E-state index contributed by atoms with van der Waals surface area (Å²) >= 11 is 4.16. The summed E-state index contributed by atoms with van der Waals surface area (Å²) in [6, 6.07) is 20.2. The third-order valence-corrected chi connectivity index (χ3v) is 6.07. The number of carbonyl (C=O) groups is 1. The van der Waals surface area contributed by atoms with Crippen molar-refractivity contribution in [1.29, 1.82) is 0 Å². The zero-order valence-corrected chi connectivity index (χ0v) is 20.7. The van der Waals surface area contributed by atoms with Crippen molar-refractivity contribution in [3.05, 3.63) is 89.8 Å². The fraction of sp³-hybridized carbons (Fsp3) is 0.0435. The molecule has 0 amide bonds. The van der Waals surface area contributed by atoms with Gasteiger partial charge in [0.15, 0.2) is 12.4 Å². The molecule has 0 fully saturated rings. The predicted molar refractivity (Wildman–Crippen MR) is 139 cm³/mol. The van der Waals surface area contributed by atoms with Crippen LogP contribution in [0.2, 0.25) is 0 Å². The first-order chi connectivity index (χ1) is 15.4. The molecule has 1 aromatic heterocycles. The molecule has 0 radical (unpaired) electrons. The standard InChI is InChI=1S/C23H15I2N3O4/c24-17-10-14(11-18(25)21(17)32-13-20(29)30)12-26-28-22(15-6-2-1-3-7-15)27-19-9-5-4-8-16(19)23(28)31/h1-12H,13H2,(H,29,30). The maximum Gasteiger partial charge on any atom is 0.341 e. The first-order valence-corrected chi connectivity index (χ1v) is 11.5. The van der Waals surface area contributed by atoms with E-state index in [-0.39, 0.29) is 5.56 Å². The largest absolute Gasteiger partial charge is 0.480 e. The highest BCUT2D eigenvalue weighted by atomic mass is 127. The molecule has 4 aromatic rings. The minimum absolute atomic E-state index is 0.267. The number of halogens is 2. The van der Waals surface area contributed by atoms with Gasteiger partial charge in [0.05, 0.1) is 24.3 Å². The van der Waals surface area contributed by atoms with Gasteiger partial charge in [0.2, 0.25) is 0 Å². The summed E-state index contributed by atoms with van der Waals surface area (Å²) in [4.78, 5) is 28.7. The van der Waals surface area contributed by atoms with E-state index in [4.69, 9.17) is 9.84 Å². The molecule has 1 heterocycles. The molecule has 0 aliphatic rings. The van der Waals surface area contributed by atoms with Crippen LogP contribution in [0.5, 0.6) is 5.75 Å². The van der Waals surface area contributed by atoms with Gasteiger partial charge in [-0.05, 0) is 75.0 Å². The Morgan fingerprint density at radius 1 is 1.06 bits per heavy atom. The Bertz CT molecular complexity index is 1380. The maximum atomic E-state index is 13.2. The van der Waals surface area contributed by atoms with E-state index in [0.717, 1.165) is 18.3 Å². The first-order valence-electron chi connectivity index (χ1n) is 9.39. The Kier molecular flexibility index (Phi) is 6.84. The predicted octanol–water partition coefficient (Wildman–Crippen LogP) is 4.62. The number of para-hydroxylation sites is 1. The van der Waals surface area contributed by atoms with Crippen LogP contribution < -0.4 is 10.3 Å². The second-order valence-electron chi connectivity index (χ2n) is 6.68. The van der Waals surface area contributed by atoms with E-state index in [2.05, 4.69) is 55.3 Å². The van der Waals surface area contributed by atoms with Gasteiger partial charge in [-0.3, -0.25) is 4.79 Å². The van der Waals surface area contributed by atoms with Crippen molar-refractivity contribution in [2.45, 2.75) is 0 Å². The van der Waals surface area contributed by atoms with E-state index in [0.29, 0.717) is 22.5 Å². The molecule has 0 saturated heterocycles. The van der Waals surface area contributed by atoms with E-state index >= 15 is 0 Å². The number of ether oxygens (including phenoxy) is 1. The summed E-state index contributed by atoms with van der Waals surface area (Å²) < 4.78 is 8.15. The normalized spacial score (nSPS) is 11.2. The number of benzene rings is 3. The van der Waals surface area contributed by atoms with Crippen molar-refractivity contribution in [3.8, 4) is 17.1 Å². The van der Waals surface area contributed by atoms with Crippen molar-refractivity contribution in [1.82, 2.24) is 9.66 Å². The number of hydrogen-bond acceptors (Lipinski definition) is 5. The number of aromatic nitrogens is 2. The van der Waals surface area contributed by atoms with Crippen LogP contribution in [0.1, 0.15) is 5.56 Å². The van der Waals surface area contributed by atoms with Gasteiger partial charge in [-0.25, -0.2) is 9.78 Å². The lowest BCUT2D eigenvalue weighted by Crippen LogP contribution is -2.20. The summed E-state index contributed by atoms with van der Waals surface area (Å²) in [5.41, 5.74) is 1.85. The Labute approximate surface area is 210 Å². The van der Waals surface area contributed by atoms with Crippen molar-refractivity contribution in [3.63, 3.8) is 0 Å². The molecule has 0 bridgehead atoms. The van der Waals surface area contributed by atoms with Gasteiger partial charge in [0.1, 0.15) is 5.75 Å². The average molecular weight is 651 g/mol. The molecular weight excluding hydrogens is 636 g/mol. The maximum absolute atomic E-state index is 13.2. The number of nitrogens with zero attached hydrogens (tertiary/aromatic N) is 3. The molecule has 4 rings (SSSR count). The second-order valence-corrected chi connectivity index (χ2v) is 9.00. The molecule has 0 atom stereocenters. The summed E-state index contributed by atoms with van der Waals surface area (Å²) in [6.07, 6.45) is 1.58. The molecular formula is C23H15I2N3O4. The number of aliphatic carboxylic acids is 1. The van der Waals surface area contributed by atoms with Crippen molar-refractivity contribution in [2.24, 2.45) is 5.10 Å². The molecule has 0 unspecified atom stereocenters. The Morgan fingerprint density at radius 2 is 1.72 bits per heavy atom. The molecule has 32 heavy (non-hydrogen) atoms. The Hall–Kier alpha value is -2.80. The highest BCUT2D eigenvalue weighted by Crippen LogP contribution is 2.28. The quantitative estimate of drug-likeness (QED) is 0.243. The second kappa shape index (κ2) is 9.77. The van der Waals surface area contributed by atoms with Crippen LogP contribution in [-0.4, -0.2) is 33.6 Å². The van der Waals surface area contributed by atoms with E-state index in [1.807, 2.05) is 48.5 Å². The zero-order valence-electron chi connectivity index (χ0n) is 16.4.